The van der Waals surface area contributed by atoms with Crippen LogP contribution < -0.4 is 0 Å². The predicted octanol–water partition coefficient (Wildman–Crippen LogP) is -5.27. The molecule has 0 spiro atoms. The van der Waals surface area contributed by atoms with Gasteiger partial charge in [0.25, 0.3) is 0 Å². The molecule has 0 bridgehead atoms. The van der Waals surface area contributed by atoms with E-state index in [0.717, 1.165) is 0 Å². The fourth-order valence-electron chi connectivity index (χ4n) is 0.540. The van der Waals surface area contributed by atoms with E-state index >= 15 is 0 Å². The zero-order valence-electron chi connectivity index (χ0n) is 11.8. The van der Waals surface area contributed by atoms with Gasteiger partial charge in [0.15, 0.2) is 24.4 Å². The van der Waals surface area contributed by atoms with Crippen molar-refractivity contribution in [3.8, 4) is 0 Å². The molecule has 0 rings (SSSR count). The first-order valence-corrected chi connectivity index (χ1v) is 5.70. The topological polar surface area (TPSA) is 271 Å². The molecule has 4 atom stereocenters. The maximum atomic E-state index is 9.77. The van der Waals surface area contributed by atoms with Crippen molar-refractivity contribution in [3.05, 3.63) is 0 Å². The van der Waals surface area contributed by atoms with Crippen LogP contribution in [0.1, 0.15) is 0 Å². The summed E-state index contributed by atoms with van der Waals surface area (Å²) >= 11 is 0. The first-order valence-electron chi connectivity index (χ1n) is 5.70. The van der Waals surface area contributed by atoms with Crippen molar-refractivity contribution in [1.82, 2.24) is 0 Å². The van der Waals surface area contributed by atoms with Crippen molar-refractivity contribution < 1.29 is 70.2 Å². The van der Waals surface area contributed by atoms with Crippen molar-refractivity contribution in [2.45, 2.75) is 24.4 Å². The Kier molecular flexibility index (Phi) is 15.7. The molecule has 24 heavy (non-hydrogen) atoms. The van der Waals surface area contributed by atoms with E-state index in [-0.39, 0.29) is 13.2 Å². The number of aliphatic carboxylic acids is 4. The SMILES string of the molecule is O=C(O)C(O)C(O)C(=O)O.O=C(O)C(O)C(O)C(=O)O.OCCO. The molecule has 4 unspecified atom stereocenters. The van der Waals surface area contributed by atoms with E-state index in [0.29, 0.717) is 0 Å². The quantitative estimate of drug-likeness (QED) is 0.203. The largest absolute Gasteiger partial charge is 0.479 e. The Morgan fingerprint density at radius 2 is 0.625 bits per heavy atom. The number of rotatable bonds is 7. The standard InChI is InChI=1S/2C4H6O6.C2H6O2/c2*5-1(3(7)8)2(6)4(9)10;3-1-2-4/h2*1-2,5-6H,(H,7,8)(H,9,10);3-4H,1-2H2. The molecular weight excluding hydrogens is 344 g/mol. The molecule has 0 radical (unpaired) electrons. The monoisotopic (exact) mass is 362 g/mol. The molecule has 0 aromatic heterocycles. The normalized spacial score (nSPS) is 14.4. The van der Waals surface area contributed by atoms with Crippen LogP contribution >= 0.6 is 0 Å². The maximum Gasteiger partial charge on any atom is 0.335 e. The van der Waals surface area contributed by atoms with Crippen molar-refractivity contribution in [1.29, 1.82) is 0 Å². The van der Waals surface area contributed by atoms with E-state index < -0.39 is 48.3 Å². The summed E-state index contributed by atoms with van der Waals surface area (Å²) in [6.07, 6.45) is -9.06. The van der Waals surface area contributed by atoms with E-state index in [1.54, 1.807) is 0 Å². The highest BCUT2D eigenvalue weighted by atomic mass is 16.4. The van der Waals surface area contributed by atoms with E-state index in [1.807, 2.05) is 0 Å². The smallest absolute Gasteiger partial charge is 0.335 e. The highest BCUT2D eigenvalue weighted by molar-refractivity contribution is 5.83. The van der Waals surface area contributed by atoms with Gasteiger partial charge in [-0.3, -0.25) is 0 Å². The Morgan fingerprint density at radius 1 is 0.500 bits per heavy atom. The molecule has 0 heterocycles. The van der Waals surface area contributed by atoms with E-state index in [4.69, 9.17) is 51.1 Å². The molecule has 0 aromatic rings. The number of hydrogen-bond donors (Lipinski definition) is 10. The molecule has 0 aliphatic carbocycles. The molecular formula is C10H18O14. The number of carboxylic acid groups (broad SMARTS) is 4. The molecule has 0 fully saturated rings. The highest BCUT2D eigenvalue weighted by Crippen LogP contribution is 1.93. The molecule has 0 amide bonds. The molecule has 14 heteroatoms. The fourth-order valence-corrected chi connectivity index (χ4v) is 0.540. The van der Waals surface area contributed by atoms with Crippen LogP contribution in [0.25, 0.3) is 0 Å². The molecule has 142 valence electrons. The Hall–Kier alpha value is -2.36. The van der Waals surface area contributed by atoms with Crippen LogP contribution in [0.5, 0.6) is 0 Å². The lowest BCUT2D eigenvalue weighted by atomic mass is 10.2. The summed E-state index contributed by atoms with van der Waals surface area (Å²) in [6.45, 7) is -0.250. The third-order valence-electron chi connectivity index (χ3n) is 1.71. The first kappa shape index (κ1) is 26.5. The minimum Gasteiger partial charge on any atom is -0.479 e. The van der Waals surface area contributed by atoms with E-state index in [2.05, 4.69) is 0 Å². The molecule has 14 nitrogen and oxygen atoms in total. The summed E-state index contributed by atoms with van der Waals surface area (Å²) in [4.78, 5) is 39.1. The van der Waals surface area contributed by atoms with Crippen LogP contribution in [0.2, 0.25) is 0 Å². The summed E-state index contributed by atoms with van der Waals surface area (Å²) < 4.78 is 0. The maximum absolute atomic E-state index is 9.77. The number of carboxylic acids is 4. The molecule has 0 saturated heterocycles. The molecule has 10 N–H and O–H groups in total. The molecule has 0 aliphatic heterocycles. The van der Waals surface area contributed by atoms with E-state index in [1.165, 1.54) is 0 Å². The van der Waals surface area contributed by atoms with Crippen LogP contribution in [0.15, 0.2) is 0 Å². The molecule has 0 aliphatic rings. The van der Waals surface area contributed by atoms with E-state index in [9.17, 15) is 19.2 Å². The van der Waals surface area contributed by atoms with Gasteiger partial charge in [-0.15, -0.1) is 0 Å². The van der Waals surface area contributed by atoms with Gasteiger partial charge in [0, 0.05) is 0 Å². The van der Waals surface area contributed by atoms with Gasteiger partial charge in [-0.1, -0.05) is 0 Å². The van der Waals surface area contributed by atoms with Crippen molar-refractivity contribution in [2.24, 2.45) is 0 Å². The van der Waals surface area contributed by atoms with Gasteiger partial charge in [0.2, 0.25) is 0 Å². The minimum atomic E-state index is -2.27. The van der Waals surface area contributed by atoms with Crippen LogP contribution in [0.4, 0.5) is 0 Å². The van der Waals surface area contributed by atoms with Gasteiger partial charge >= 0.3 is 23.9 Å². The summed E-state index contributed by atoms with van der Waals surface area (Å²) in [5.74, 6) is -7.07. The van der Waals surface area contributed by atoms with Crippen molar-refractivity contribution in [2.75, 3.05) is 13.2 Å². The van der Waals surface area contributed by atoms with Crippen molar-refractivity contribution in [3.63, 3.8) is 0 Å². The number of carbonyl (C=O) groups is 4. The second-order valence-electron chi connectivity index (χ2n) is 3.58. The number of aliphatic hydroxyl groups excluding tert-OH is 6. The third-order valence-corrected chi connectivity index (χ3v) is 1.71. The fraction of sp³-hybridized carbons (Fsp3) is 0.600. The Morgan fingerprint density at radius 3 is 0.667 bits per heavy atom. The lowest BCUT2D eigenvalue weighted by molar-refractivity contribution is -0.165. The second kappa shape index (κ2) is 14.2. The average molecular weight is 362 g/mol. The summed E-state index contributed by atoms with van der Waals surface area (Å²) in [7, 11) is 0. The first-order chi connectivity index (χ1) is 10.8. The zero-order valence-corrected chi connectivity index (χ0v) is 11.8. The van der Waals surface area contributed by atoms with Crippen molar-refractivity contribution >= 4 is 23.9 Å². The lowest BCUT2D eigenvalue weighted by Gasteiger charge is -2.07. The Bertz CT molecular complexity index is 332. The van der Waals surface area contributed by atoms with Gasteiger partial charge < -0.3 is 51.1 Å². The number of hydrogen-bond acceptors (Lipinski definition) is 10. The highest BCUT2D eigenvalue weighted by Gasteiger charge is 2.30. The van der Waals surface area contributed by atoms with Crippen LogP contribution in [0.3, 0.4) is 0 Å². The average Bonchev–Trinajstić information content (AvgIpc) is 2.52. The summed E-state index contributed by atoms with van der Waals surface area (Å²) in [6, 6.07) is 0. The van der Waals surface area contributed by atoms with Crippen LogP contribution in [-0.2, 0) is 19.2 Å². The minimum absolute atomic E-state index is 0.125. The molecule has 0 aromatic carbocycles. The lowest BCUT2D eigenvalue weighted by Crippen LogP contribution is -2.39. The van der Waals surface area contributed by atoms with Gasteiger partial charge in [-0.05, 0) is 0 Å². The predicted molar refractivity (Wildman–Crippen MR) is 68.7 cm³/mol. The third kappa shape index (κ3) is 13.3. The van der Waals surface area contributed by atoms with Gasteiger partial charge in [-0.2, -0.15) is 0 Å². The van der Waals surface area contributed by atoms with Gasteiger partial charge in [0.1, 0.15) is 0 Å². The Balaban J connectivity index is -0.000000301. The molecule has 0 saturated carbocycles. The van der Waals surface area contributed by atoms with Crippen LogP contribution in [-0.4, -0.2) is 113 Å². The Labute approximate surface area is 133 Å². The van der Waals surface area contributed by atoms with Gasteiger partial charge in [-0.25, -0.2) is 19.2 Å². The van der Waals surface area contributed by atoms with Gasteiger partial charge in [0.05, 0.1) is 13.2 Å². The zero-order chi connectivity index (χ0) is 20.0. The summed E-state index contributed by atoms with van der Waals surface area (Å²) in [5.41, 5.74) is 0. The van der Waals surface area contributed by atoms with Crippen LogP contribution in [0, 0.1) is 0 Å². The second-order valence-corrected chi connectivity index (χ2v) is 3.58. The number of aliphatic hydroxyl groups is 6. The summed E-state index contributed by atoms with van der Waals surface area (Å²) in [5, 5.41) is 80.3.